The second-order valence-corrected chi connectivity index (χ2v) is 7.67. The Hall–Kier alpha value is -3.22. The lowest BCUT2D eigenvalue weighted by Gasteiger charge is -2.33. The van der Waals surface area contributed by atoms with Gasteiger partial charge in [0.1, 0.15) is 17.2 Å². The molecule has 1 aliphatic rings. The summed E-state index contributed by atoms with van der Waals surface area (Å²) in [6, 6.07) is 14.0. The largest absolute Gasteiger partial charge is 0.508 e. The number of amides is 2. The predicted molar refractivity (Wildman–Crippen MR) is 117 cm³/mol. The topological polar surface area (TPSA) is 88.1 Å². The highest BCUT2D eigenvalue weighted by Gasteiger charge is 2.26. The van der Waals surface area contributed by atoms with Crippen LogP contribution in [0, 0.1) is 0 Å². The molecule has 0 aliphatic carbocycles. The average Bonchev–Trinajstić information content (AvgIpc) is 2.79. The van der Waals surface area contributed by atoms with Crippen LogP contribution >= 0.6 is 0 Å². The first-order valence-electron chi connectivity index (χ1n) is 10.7. The van der Waals surface area contributed by atoms with Gasteiger partial charge in [-0.15, -0.1) is 0 Å². The molecule has 2 aromatic carbocycles. The first-order valence-corrected chi connectivity index (χ1v) is 10.7. The van der Waals surface area contributed by atoms with E-state index in [4.69, 9.17) is 9.47 Å². The van der Waals surface area contributed by atoms with Crippen LogP contribution in [0.2, 0.25) is 0 Å². The van der Waals surface area contributed by atoms with Crippen molar-refractivity contribution < 1.29 is 24.2 Å². The molecular weight excluding hydrogens is 396 g/mol. The Kier molecular flexibility index (Phi) is 7.76. The lowest BCUT2D eigenvalue weighted by molar-refractivity contribution is -0.134. The number of piperidine rings is 1. The summed E-state index contributed by atoms with van der Waals surface area (Å²) in [5.74, 6) is 1.18. The number of carbonyl (C=O) groups excluding carboxylic acids is 2. The van der Waals surface area contributed by atoms with Crippen LogP contribution in [0.3, 0.4) is 0 Å². The summed E-state index contributed by atoms with van der Waals surface area (Å²) in [6.07, 6.45) is 1.57. The minimum Gasteiger partial charge on any atom is -0.508 e. The van der Waals surface area contributed by atoms with E-state index in [1.165, 1.54) is 12.1 Å². The second kappa shape index (κ2) is 10.7. The predicted octanol–water partition coefficient (Wildman–Crippen LogP) is 2.91. The molecule has 0 bridgehead atoms. The summed E-state index contributed by atoms with van der Waals surface area (Å²) in [5.41, 5.74) is 1.08. The average molecular weight is 427 g/mol. The zero-order valence-electron chi connectivity index (χ0n) is 18.0. The number of nitrogens with one attached hydrogen (secondary N) is 1. The van der Waals surface area contributed by atoms with Gasteiger partial charge in [0, 0.05) is 19.1 Å². The number of ether oxygens (including phenoxy) is 2. The van der Waals surface area contributed by atoms with Gasteiger partial charge < -0.3 is 24.8 Å². The highest BCUT2D eigenvalue weighted by atomic mass is 16.5. The van der Waals surface area contributed by atoms with Gasteiger partial charge in [0.05, 0.1) is 0 Å². The number of hydrogen-bond acceptors (Lipinski definition) is 5. The molecule has 7 nitrogen and oxygen atoms in total. The van der Waals surface area contributed by atoms with Crippen molar-refractivity contribution in [3.63, 3.8) is 0 Å². The van der Waals surface area contributed by atoms with Crippen molar-refractivity contribution in [2.75, 3.05) is 19.7 Å². The Morgan fingerprint density at radius 2 is 1.81 bits per heavy atom. The van der Waals surface area contributed by atoms with Gasteiger partial charge in [-0.05, 0) is 62.1 Å². The summed E-state index contributed by atoms with van der Waals surface area (Å²) in [4.78, 5) is 26.7. The van der Waals surface area contributed by atoms with Crippen molar-refractivity contribution >= 4 is 11.8 Å². The first-order chi connectivity index (χ1) is 15.0. The van der Waals surface area contributed by atoms with Gasteiger partial charge in [-0.2, -0.15) is 0 Å². The first kappa shape index (κ1) is 22.5. The SMILES string of the molecule is CCc1ccccc1OCC(=O)N1CCC(NC(=O)C(C)Oc2ccc(O)cc2)CC1. The number of para-hydroxylation sites is 1. The van der Waals surface area contributed by atoms with E-state index < -0.39 is 6.10 Å². The Bertz CT molecular complexity index is 876. The van der Waals surface area contributed by atoms with Crippen LogP contribution in [0.5, 0.6) is 17.2 Å². The molecule has 2 N–H and O–H groups in total. The molecule has 0 radical (unpaired) electrons. The molecule has 7 heteroatoms. The highest BCUT2D eigenvalue weighted by Crippen LogP contribution is 2.19. The zero-order chi connectivity index (χ0) is 22.2. The van der Waals surface area contributed by atoms with Crippen LogP contribution in [-0.2, 0) is 16.0 Å². The number of nitrogens with zero attached hydrogens (tertiary/aromatic N) is 1. The molecule has 1 aliphatic heterocycles. The summed E-state index contributed by atoms with van der Waals surface area (Å²) in [7, 11) is 0. The number of carbonyl (C=O) groups is 2. The number of hydrogen-bond donors (Lipinski definition) is 2. The quantitative estimate of drug-likeness (QED) is 0.678. The Morgan fingerprint density at radius 3 is 2.48 bits per heavy atom. The standard InChI is InChI=1S/C24H30N2O5/c1-3-18-6-4-5-7-22(18)30-16-23(28)26-14-12-19(13-15-26)25-24(29)17(2)31-21-10-8-20(27)9-11-21/h4-11,17,19,27H,3,12-16H2,1-2H3,(H,25,29). The van der Waals surface area contributed by atoms with E-state index in [1.807, 2.05) is 24.3 Å². The molecule has 1 saturated heterocycles. The van der Waals surface area contributed by atoms with Gasteiger partial charge in [-0.1, -0.05) is 25.1 Å². The molecule has 0 spiro atoms. The molecule has 0 aromatic heterocycles. The third kappa shape index (κ3) is 6.38. The summed E-state index contributed by atoms with van der Waals surface area (Å²) < 4.78 is 11.4. The Balaban J connectivity index is 1.40. The van der Waals surface area contributed by atoms with Crippen molar-refractivity contribution in [3.8, 4) is 17.2 Å². The van der Waals surface area contributed by atoms with Gasteiger partial charge in [0.15, 0.2) is 12.7 Å². The monoisotopic (exact) mass is 426 g/mol. The Labute approximate surface area is 183 Å². The van der Waals surface area contributed by atoms with Crippen LogP contribution in [0.25, 0.3) is 0 Å². The van der Waals surface area contributed by atoms with Crippen LogP contribution in [0.1, 0.15) is 32.3 Å². The lowest BCUT2D eigenvalue weighted by atomic mass is 10.0. The van der Waals surface area contributed by atoms with E-state index in [1.54, 1.807) is 24.0 Å². The number of aryl methyl sites for hydroxylation is 1. The van der Waals surface area contributed by atoms with E-state index in [9.17, 15) is 14.7 Å². The fourth-order valence-electron chi connectivity index (χ4n) is 3.54. The van der Waals surface area contributed by atoms with Crippen LogP contribution in [-0.4, -0.2) is 53.7 Å². The van der Waals surface area contributed by atoms with Crippen molar-refractivity contribution in [2.24, 2.45) is 0 Å². The molecule has 2 amide bonds. The minimum absolute atomic E-state index is 0.00385. The number of phenolic OH excluding ortho intramolecular Hbond substituents is 1. The van der Waals surface area contributed by atoms with Crippen LogP contribution in [0.4, 0.5) is 0 Å². The molecule has 3 rings (SSSR count). The van der Waals surface area contributed by atoms with E-state index in [0.29, 0.717) is 31.7 Å². The van der Waals surface area contributed by atoms with Gasteiger partial charge >= 0.3 is 0 Å². The highest BCUT2D eigenvalue weighted by molar-refractivity contribution is 5.81. The molecule has 1 atom stereocenters. The van der Waals surface area contributed by atoms with Crippen molar-refractivity contribution in [3.05, 3.63) is 54.1 Å². The van der Waals surface area contributed by atoms with Crippen LogP contribution < -0.4 is 14.8 Å². The molecule has 0 saturated carbocycles. The number of phenols is 1. The lowest BCUT2D eigenvalue weighted by Crippen LogP contribution is -2.50. The molecule has 1 fully saturated rings. The molecule has 1 unspecified atom stereocenters. The number of rotatable bonds is 8. The molecule has 2 aromatic rings. The summed E-state index contributed by atoms with van der Waals surface area (Å²) in [5, 5.41) is 12.3. The fraction of sp³-hybridized carbons (Fsp3) is 0.417. The summed E-state index contributed by atoms with van der Waals surface area (Å²) >= 11 is 0. The number of likely N-dealkylation sites (tertiary alicyclic amines) is 1. The van der Waals surface area contributed by atoms with Gasteiger partial charge in [0.25, 0.3) is 11.8 Å². The van der Waals surface area contributed by atoms with E-state index in [-0.39, 0.29) is 30.2 Å². The fourth-order valence-corrected chi connectivity index (χ4v) is 3.54. The maximum Gasteiger partial charge on any atom is 0.260 e. The molecule has 166 valence electrons. The van der Waals surface area contributed by atoms with Gasteiger partial charge in [-0.25, -0.2) is 0 Å². The zero-order valence-corrected chi connectivity index (χ0v) is 18.0. The minimum atomic E-state index is -0.656. The van der Waals surface area contributed by atoms with Gasteiger partial charge in [-0.3, -0.25) is 9.59 Å². The van der Waals surface area contributed by atoms with E-state index in [2.05, 4.69) is 12.2 Å². The normalized spacial score (nSPS) is 15.2. The molecular formula is C24H30N2O5. The summed E-state index contributed by atoms with van der Waals surface area (Å²) in [6.45, 7) is 4.92. The van der Waals surface area contributed by atoms with E-state index >= 15 is 0 Å². The molecule has 1 heterocycles. The van der Waals surface area contributed by atoms with Crippen LogP contribution in [0.15, 0.2) is 48.5 Å². The molecule has 31 heavy (non-hydrogen) atoms. The van der Waals surface area contributed by atoms with Crippen molar-refractivity contribution in [1.82, 2.24) is 10.2 Å². The van der Waals surface area contributed by atoms with Crippen molar-refractivity contribution in [1.29, 1.82) is 0 Å². The second-order valence-electron chi connectivity index (χ2n) is 7.67. The number of aromatic hydroxyl groups is 1. The maximum atomic E-state index is 12.5. The van der Waals surface area contributed by atoms with Gasteiger partial charge in [0.2, 0.25) is 0 Å². The third-order valence-electron chi connectivity index (χ3n) is 5.42. The van der Waals surface area contributed by atoms with E-state index in [0.717, 1.165) is 17.7 Å². The maximum absolute atomic E-state index is 12.5. The number of benzene rings is 2. The van der Waals surface area contributed by atoms with Crippen molar-refractivity contribution in [2.45, 2.75) is 45.3 Å². The Morgan fingerprint density at radius 1 is 1.13 bits per heavy atom. The smallest absolute Gasteiger partial charge is 0.260 e. The third-order valence-corrected chi connectivity index (χ3v) is 5.42.